The summed E-state index contributed by atoms with van der Waals surface area (Å²) in [5.74, 6) is 1.48. The molecule has 1 fully saturated rings. The summed E-state index contributed by atoms with van der Waals surface area (Å²) >= 11 is 0. The highest BCUT2D eigenvalue weighted by Gasteiger charge is 2.46. The molecule has 1 aliphatic heterocycles. The monoisotopic (exact) mass is 419 g/mol. The molecular weight excluding hydrogens is 390 g/mol. The minimum atomic E-state index is -0.655. The third kappa shape index (κ3) is 4.74. The highest BCUT2D eigenvalue weighted by Crippen LogP contribution is 2.40. The summed E-state index contributed by atoms with van der Waals surface area (Å²) < 4.78 is 24.0. The molecule has 5 heteroatoms. The number of benzene rings is 3. The summed E-state index contributed by atoms with van der Waals surface area (Å²) in [7, 11) is 1.65. The van der Waals surface area contributed by atoms with Crippen LogP contribution < -0.4 is 14.8 Å². The number of nitrogens with one attached hydrogen (secondary N) is 1. The van der Waals surface area contributed by atoms with E-state index in [1.54, 1.807) is 7.11 Å². The largest absolute Gasteiger partial charge is 0.493 e. The van der Waals surface area contributed by atoms with Gasteiger partial charge in [-0.05, 0) is 23.3 Å². The molecule has 3 aromatic carbocycles. The third-order valence-corrected chi connectivity index (χ3v) is 5.53. The molecule has 4 rings (SSSR count). The van der Waals surface area contributed by atoms with Gasteiger partial charge in [-0.1, -0.05) is 72.8 Å². The third-order valence-electron chi connectivity index (χ3n) is 5.53. The summed E-state index contributed by atoms with van der Waals surface area (Å²) in [6, 6.07) is 28.3. The van der Waals surface area contributed by atoms with Gasteiger partial charge in [0.25, 0.3) is 0 Å². The fourth-order valence-corrected chi connectivity index (χ4v) is 4.09. The Labute approximate surface area is 183 Å². The van der Waals surface area contributed by atoms with Crippen molar-refractivity contribution in [2.45, 2.75) is 11.7 Å². The zero-order valence-electron chi connectivity index (χ0n) is 17.8. The molecule has 162 valence electrons. The lowest BCUT2D eigenvalue weighted by Gasteiger charge is -2.44. The first-order valence-electron chi connectivity index (χ1n) is 10.7. The van der Waals surface area contributed by atoms with Crippen molar-refractivity contribution in [3.63, 3.8) is 0 Å². The molecule has 1 atom stereocenters. The van der Waals surface area contributed by atoms with Crippen LogP contribution in [0.15, 0.2) is 84.9 Å². The lowest BCUT2D eigenvalue weighted by Crippen LogP contribution is -2.53. The van der Waals surface area contributed by atoms with Crippen molar-refractivity contribution in [3.8, 4) is 11.5 Å². The maximum atomic E-state index is 6.49. The molecule has 31 heavy (non-hydrogen) atoms. The quantitative estimate of drug-likeness (QED) is 0.531. The Balaban J connectivity index is 1.45. The van der Waals surface area contributed by atoms with Crippen LogP contribution >= 0.6 is 0 Å². The molecule has 0 bridgehead atoms. The van der Waals surface area contributed by atoms with Gasteiger partial charge in [-0.15, -0.1) is 0 Å². The summed E-state index contributed by atoms with van der Waals surface area (Å²) in [6.07, 6.45) is -0.169. The van der Waals surface area contributed by atoms with Gasteiger partial charge in [0.15, 0.2) is 11.5 Å². The molecule has 1 N–H and O–H groups in total. The van der Waals surface area contributed by atoms with Crippen LogP contribution in [0.1, 0.15) is 11.1 Å². The second-order valence-electron chi connectivity index (χ2n) is 7.38. The summed E-state index contributed by atoms with van der Waals surface area (Å²) in [4.78, 5) is 0. The number of para-hydroxylation sites is 2. The van der Waals surface area contributed by atoms with E-state index in [0.29, 0.717) is 32.9 Å². The fourth-order valence-electron chi connectivity index (χ4n) is 4.09. The Bertz CT molecular complexity index is 893. The van der Waals surface area contributed by atoms with Crippen LogP contribution in [-0.4, -0.2) is 46.1 Å². The van der Waals surface area contributed by atoms with E-state index in [1.807, 2.05) is 60.7 Å². The minimum absolute atomic E-state index is 0.169. The van der Waals surface area contributed by atoms with E-state index in [-0.39, 0.29) is 6.10 Å². The number of hydrogen-bond donors (Lipinski definition) is 1. The SMILES string of the molecule is COc1ccccc1OCCNCC1OCCOC1(c1ccccc1)c1ccccc1. The number of methoxy groups -OCH3 is 1. The van der Waals surface area contributed by atoms with E-state index in [1.165, 1.54) is 0 Å². The van der Waals surface area contributed by atoms with Crippen molar-refractivity contribution in [1.82, 2.24) is 5.32 Å². The van der Waals surface area contributed by atoms with Crippen molar-refractivity contribution < 1.29 is 18.9 Å². The maximum Gasteiger partial charge on any atom is 0.161 e. The van der Waals surface area contributed by atoms with E-state index < -0.39 is 5.60 Å². The predicted molar refractivity (Wildman–Crippen MR) is 121 cm³/mol. The average Bonchev–Trinajstić information content (AvgIpc) is 2.85. The lowest BCUT2D eigenvalue weighted by molar-refractivity contribution is -0.187. The van der Waals surface area contributed by atoms with Gasteiger partial charge in [0.1, 0.15) is 18.3 Å². The van der Waals surface area contributed by atoms with Gasteiger partial charge in [-0.3, -0.25) is 0 Å². The molecule has 0 aromatic heterocycles. The smallest absolute Gasteiger partial charge is 0.161 e. The Morgan fingerprint density at radius 3 is 2.10 bits per heavy atom. The van der Waals surface area contributed by atoms with Gasteiger partial charge >= 0.3 is 0 Å². The predicted octanol–water partition coefficient (Wildman–Crippen LogP) is 4.02. The maximum absolute atomic E-state index is 6.49. The molecule has 0 aliphatic carbocycles. The first-order valence-corrected chi connectivity index (χ1v) is 10.7. The molecule has 1 heterocycles. The normalized spacial score (nSPS) is 17.8. The molecule has 1 saturated heterocycles. The number of rotatable bonds is 9. The van der Waals surface area contributed by atoms with E-state index in [0.717, 1.165) is 22.6 Å². The van der Waals surface area contributed by atoms with E-state index in [2.05, 4.69) is 29.6 Å². The van der Waals surface area contributed by atoms with Gasteiger partial charge < -0.3 is 24.3 Å². The van der Waals surface area contributed by atoms with Crippen molar-refractivity contribution in [2.75, 3.05) is 40.0 Å². The molecule has 1 aliphatic rings. The molecule has 5 nitrogen and oxygen atoms in total. The van der Waals surface area contributed by atoms with Crippen molar-refractivity contribution in [1.29, 1.82) is 0 Å². The van der Waals surface area contributed by atoms with Crippen LogP contribution in [0.2, 0.25) is 0 Å². The number of ether oxygens (including phenoxy) is 4. The lowest BCUT2D eigenvalue weighted by atomic mass is 9.80. The van der Waals surface area contributed by atoms with Gasteiger partial charge in [-0.2, -0.15) is 0 Å². The van der Waals surface area contributed by atoms with Crippen LogP contribution in [-0.2, 0) is 15.1 Å². The molecular formula is C26H29NO4. The molecule has 0 amide bonds. The van der Waals surface area contributed by atoms with Crippen molar-refractivity contribution in [2.24, 2.45) is 0 Å². The Morgan fingerprint density at radius 1 is 0.839 bits per heavy atom. The second kappa shape index (κ2) is 10.4. The van der Waals surface area contributed by atoms with Crippen LogP contribution in [0.25, 0.3) is 0 Å². The Hall–Kier alpha value is -2.86. The van der Waals surface area contributed by atoms with Crippen LogP contribution in [0.5, 0.6) is 11.5 Å². The van der Waals surface area contributed by atoms with Gasteiger partial charge in [0, 0.05) is 13.1 Å². The molecule has 0 spiro atoms. The molecule has 3 aromatic rings. The summed E-state index contributed by atoms with van der Waals surface area (Å²) in [5.41, 5.74) is 1.54. The van der Waals surface area contributed by atoms with Crippen LogP contribution in [0.4, 0.5) is 0 Å². The zero-order chi connectivity index (χ0) is 21.4. The van der Waals surface area contributed by atoms with Crippen molar-refractivity contribution in [3.05, 3.63) is 96.1 Å². The fraction of sp³-hybridized carbons (Fsp3) is 0.308. The topological polar surface area (TPSA) is 49.0 Å². The zero-order valence-corrected chi connectivity index (χ0v) is 17.8. The van der Waals surface area contributed by atoms with Crippen molar-refractivity contribution >= 4 is 0 Å². The van der Waals surface area contributed by atoms with Gasteiger partial charge in [-0.25, -0.2) is 0 Å². The first kappa shape index (κ1) is 21.4. The van der Waals surface area contributed by atoms with E-state index >= 15 is 0 Å². The summed E-state index contributed by atoms with van der Waals surface area (Å²) in [6.45, 7) is 2.97. The summed E-state index contributed by atoms with van der Waals surface area (Å²) in [5, 5.41) is 3.49. The Morgan fingerprint density at radius 2 is 1.45 bits per heavy atom. The minimum Gasteiger partial charge on any atom is -0.493 e. The highest BCUT2D eigenvalue weighted by molar-refractivity contribution is 5.40. The van der Waals surface area contributed by atoms with Crippen LogP contribution in [0.3, 0.4) is 0 Å². The molecule has 0 saturated carbocycles. The Kier molecular flexibility index (Phi) is 7.20. The second-order valence-corrected chi connectivity index (χ2v) is 7.38. The number of hydrogen-bond acceptors (Lipinski definition) is 5. The van der Waals surface area contributed by atoms with Gasteiger partial charge in [0.2, 0.25) is 0 Å². The average molecular weight is 420 g/mol. The molecule has 1 unspecified atom stereocenters. The van der Waals surface area contributed by atoms with E-state index in [4.69, 9.17) is 18.9 Å². The van der Waals surface area contributed by atoms with Crippen LogP contribution in [0, 0.1) is 0 Å². The van der Waals surface area contributed by atoms with E-state index in [9.17, 15) is 0 Å². The van der Waals surface area contributed by atoms with Gasteiger partial charge in [0.05, 0.1) is 20.3 Å². The standard InChI is InChI=1S/C26H29NO4/c1-28-23-14-8-9-15-24(23)29-17-16-27-20-25-26(31-19-18-30-25,21-10-4-2-5-11-21)22-12-6-3-7-13-22/h2-15,25,27H,16-20H2,1H3. The molecule has 0 radical (unpaired) electrons. The first-order chi connectivity index (χ1) is 15.3. The highest BCUT2D eigenvalue weighted by atomic mass is 16.6.